The fourth-order valence-electron chi connectivity index (χ4n) is 4.01. The molecule has 104 valence electrons. The molecule has 3 rings (SSSR count). The first kappa shape index (κ1) is 12.9. The van der Waals surface area contributed by atoms with Crippen LogP contribution in [0.3, 0.4) is 0 Å². The molecule has 3 fully saturated rings. The number of nitrogens with one attached hydrogen (secondary N) is 1. The Kier molecular flexibility index (Phi) is 4.22. The average molecular weight is 253 g/mol. The fourth-order valence-corrected chi connectivity index (χ4v) is 4.01. The van der Waals surface area contributed by atoms with Crippen molar-refractivity contribution >= 4 is 0 Å². The van der Waals surface area contributed by atoms with Crippen LogP contribution in [0.25, 0.3) is 0 Å². The van der Waals surface area contributed by atoms with Gasteiger partial charge in [0.25, 0.3) is 0 Å². The van der Waals surface area contributed by atoms with Crippen LogP contribution in [0.15, 0.2) is 0 Å². The van der Waals surface area contributed by atoms with Crippen LogP contribution >= 0.6 is 0 Å². The zero-order chi connectivity index (χ0) is 12.3. The quantitative estimate of drug-likeness (QED) is 0.838. The maximum absolute atomic E-state index is 5.67. The lowest BCUT2D eigenvalue weighted by Crippen LogP contribution is -2.43. The van der Waals surface area contributed by atoms with E-state index in [1.807, 2.05) is 0 Å². The predicted molar refractivity (Wildman–Crippen MR) is 71.7 cm³/mol. The van der Waals surface area contributed by atoms with Crippen LogP contribution in [0.5, 0.6) is 0 Å². The van der Waals surface area contributed by atoms with Gasteiger partial charge in [-0.05, 0) is 43.9 Å². The third-order valence-electron chi connectivity index (χ3n) is 5.23. The van der Waals surface area contributed by atoms with E-state index in [2.05, 4.69) is 5.32 Å². The fraction of sp³-hybridized carbons (Fsp3) is 1.00. The molecule has 2 saturated carbocycles. The third kappa shape index (κ3) is 3.06. The van der Waals surface area contributed by atoms with Crippen molar-refractivity contribution in [2.45, 2.75) is 63.5 Å². The smallest absolute Gasteiger partial charge is 0.0933 e. The van der Waals surface area contributed by atoms with Crippen molar-refractivity contribution in [3.05, 3.63) is 0 Å². The van der Waals surface area contributed by atoms with Gasteiger partial charge < -0.3 is 14.8 Å². The first-order valence-electron chi connectivity index (χ1n) is 7.79. The summed E-state index contributed by atoms with van der Waals surface area (Å²) in [5, 5.41) is 3.69. The Morgan fingerprint density at radius 3 is 2.44 bits per heavy atom. The molecule has 0 aromatic heterocycles. The molecule has 0 aromatic rings. The van der Waals surface area contributed by atoms with E-state index < -0.39 is 0 Å². The van der Waals surface area contributed by atoms with Gasteiger partial charge in [-0.2, -0.15) is 0 Å². The molecule has 3 heteroatoms. The summed E-state index contributed by atoms with van der Waals surface area (Å²) in [6.45, 7) is 3.27. The molecule has 0 radical (unpaired) electrons. The normalized spacial score (nSPS) is 33.0. The standard InChI is InChI=1S/C15H27NO2/c1-2-6-15(5-1)7-3-13(4-8-15)16-11-14-12-17-9-10-18-14/h13-14,16H,1-12H2. The van der Waals surface area contributed by atoms with Gasteiger partial charge in [0.15, 0.2) is 0 Å². The summed E-state index contributed by atoms with van der Waals surface area (Å²) in [5.74, 6) is 0. The van der Waals surface area contributed by atoms with Gasteiger partial charge in [0.2, 0.25) is 0 Å². The zero-order valence-corrected chi connectivity index (χ0v) is 11.5. The highest BCUT2D eigenvalue weighted by Gasteiger charge is 2.37. The average Bonchev–Trinajstić information content (AvgIpc) is 2.88. The first-order chi connectivity index (χ1) is 8.86. The summed E-state index contributed by atoms with van der Waals surface area (Å²) in [7, 11) is 0. The lowest BCUT2D eigenvalue weighted by Gasteiger charge is -2.38. The lowest BCUT2D eigenvalue weighted by molar-refractivity contribution is -0.0875. The topological polar surface area (TPSA) is 30.5 Å². The van der Waals surface area contributed by atoms with Gasteiger partial charge >= 0.3 is 0 Å². The van der Waals surface area contributed by atoms with Crippen molar-refractivity contribution in [2.75, 3.05) is 26.4 Å². The van der Waals surface area contributed by atoms with Crippen molar-refractivity contribution in [3.63, 3.8) is 0 Å². The molecule has 1 saturated heterocycles. The van der Waals surface area contributed by atoms with E-state index in [4.69, 9.17) is 9.47 Å². The summed E-state index contributed by atoms with van der Waals surface area (Å²) in [4.78, 5) is 0. The first-order valence-corrected chi connectivity index (χ1v) is 7.79. The third-order valence-corrected chi connectivity index (χ3v) is 5.23. The minimum absolute atomic E-state index is 0.279. The molecule has 0 amide bonds. The molecule has 2 aliphatic carbocycles. The molecule has 1 heterocycles. The van der Waals surface area contributed by atoms with Crippen LogP contribution in [0.1, 0.15) is 51.4 Å². The van der Waals surface area contributed by atoms with Crippen molar-refractivity contribution in [1.82, 2.24) is 5.32 Å². The van der Waals surface area contributed by atoms with E-state index in [0.29, 0.717) is 0 Å². The molecule has 1 unspecified atom stereocenters. The Balaban J connectivity index is 1.37. The van der Waals surface area contributed by atoms with Gasteiger partial charge in [-0.15, -0.1) is 0 Å². The van der Waals surface area contributed by atoms with Gasteiger partial charge in [-0.1, -0.05) is 12.8 Å². The van der Waals surface area contributed by atoms with E-state index in [0.717, 1.165) is 37.8 Å². The summed E-state index contributed by atoms with van der Waals surface area (Å²) >= 11 is 0. The van der Waals surface area contributed by atoms with Crippen LogP contribution in [0.4, 0.5) is 0 Å². The maximum Gasteiger partial charge on any atom is 0.0933 e. The van der Waals surface area contributed by atoms with E-state index >= 15 is 0 Å². The Bertz CT molecular complexity index is 247. The van der Waals surface area contributed by atoms with Crippen LogP contribution in [0.2, 0.25) is 0 Å². The minimum Gasteiger partial charge on any atom is -0.376 e. The molecule has 1 N–H and O–H groups in total. The second-order valence-electron chi connectivity index (χ2n) is 6.46. The van der Waals surface area contributed by atoms with Gasteiger partial charge in [0, 0.05) is 12.6 Å². The Hall–Kier alpha value is -0.120. The highest BCUT2D eigenvalue weighted by Crippen LogP contribution is 2.48. The van der Waals surface area contributed by atoms with E-state index in [1.165, 1.54) is 51.4 Å². The highest BCUT2D eigenvalue weighted by molar-refractivity contribution is 4.91. The summed E-state index contributed by atoms with van der Waals surface area (Å²) in [6.07, 6.45) is 11.9. The highest BCUT2D eigenvalue weighted by atomic mass is 16.6. The molecule has 18 heavy (non-hydrogen) atoms. The van der Waals surface area contributed by atoms with Crippen LogP contribution in [-0.4, -0.2) is 38.5 Å². The van der Waals surface area contributed by atoms with Crippen molar-refractivity contribution in [2.24, 2.45) is 5.41 Å². The molecule has 0 aromatic carbocycles. The molecular formula is C15H27NO2. The number of hydrogen-bond donors (Lipinski definition) is 1. The van der Waals surface area contributed by atoms with Gasteiger partial charge in [-0.25, -0.2) is 0 Å². The molecule has 1 spiro atoms. The molecule has 3 nitrogen and oxygen atoms in total. The molecule has 3 aliphatic rings. The Morgan fingerprint density at radius 2 is 1.78 bits per heavy atom. The van der Waals surface area contributed by atoms with E-state index in [9.17, 15) is 0 Å². The van der Waals surface area contributed by atoms with Crippen molar-refractivity contribution in [1.29, 1.82) is 0 Å². The Morgan fingerprint density at radius 1 is 1.00 bits per heavy atom. The van der Waals surface area contributed by atoms with Crippen molar-refractivity contribution < 1.29 is 9.47 Å². The lowest BCUT2D eigenvalue weighted by atomic mass is 9.71. The van der Waals surface area contributed by atoms with E-state index in [-0.39, 0.29) is 6.10 Å². The predicted octanol–water partition coefficient (Wildman–Crippen LogP) is 2.49. The molecular weight excluding hydrogens is 226 g/mol. The van der Waals surface area contributed by atoms with Crippen LogP contribution in [-0.2, 0) is 9.47 Å². The summed E-state index contributed by atoms with van der Waals surface area (Å²) in [5.41, 5.74) is 0.753. The number of ether oxygens (including phenoxy) is 2. The maximum atomic E-state index is 5.67. The molecule has 0 bridgehead atoms. The Labute approximate surface area is 111 Å². The summed E-state index contributed by atoms with van der Waals surface area (Å²) < 4.78 is 11.1. The molecule has 1 aliphatic heterocycles. The molecule has 1 atom stereocenters. The second kappa shape index (κ2) is 5.89. The van der Waals surface area contributed by atoms with Gasteiger partial charge in [-0.3, -0.25) is 0 Å². The summed E-state index contributed by atoms with van der Waals surface area (Å²) in [6, 6.07) is 0.724. The van der Waals surface area contributed by atoms with Crippen LogP contribution in [0, 0.1) is 5.41 Å². The number of rotatable bonds is 3. The second-order valence-corrected chi connectivity index (χ2v) is 6.46. The number of hydrogen-bond acceptors (Lipinski definition) is 3. The van der Waals surface area contributed by atoms with Gasteiger partial charge in [0.1, 0.15) is 0 Å². The SMILES string of the molecule is C1CCC2(C1)CCC(NCC1COCCO1)CC2. The minimum atomic E-state index is 0.279. The van der Waals surface area contributed by atoms with Gasteiger partial charge in [0.05, 0.1) is 25.9 Å². The van der Waals surface area contributed by atoms with E-state index in [1.54, 1.807) is 0 Å². The largest absolute Gasteiger partial charge is 0.376 e. The monoisotopic (exact) mass is 253 g/mol. The van der Waals surface area contributed by atoms with Crippen molar-refractivity contribution in [3.8, 4) is 0 Å². The van der Waals surface area contributed by atoms with Crippen LogP contribution < -0.4 is 5.32 Å². The zero-order valence-electron chi connectivity index (χ0n) is 11.5.